The quantitative estimate of drug-likeness (QED) is 0.903. The molecule has 0 saturated carbocycles. The van der Waals surface area contributed by atoms with Gasteiger partial charge in [-0.05, 0) is 18.2 Å². The minimum Gasteiger partial charge on any atom is -0.497 e. The SMILES string of the molecule is COc1ccc(OC)c(C(=O)N2CSC[C@H]2C(=O)O)c1. The molecule has 2 rings (SSSR count). The van der Waals surface area contributed by atoms with E-state index in [4.69, 9.17) is 14.6 Å². The largest absolute Gasteiger partial charge is 0.497 e. The van der Waals surface area contributed by atoms with Crippen molar-refractivity contribution in [3.63, 3.8) is 0 Å². The maximum absolute atomic E-state index is 12.5. The van der Waals surface area contributed by atoms with Gasteiger partial charge in [0, 0.05) is 5.75 Å². The number of aliphatic carboxylic acids is 1. The topological polar surface area (TPSA) is 76.1 Å². The molecule has 1 saturated heterocycles. The average molecular weight is 297 g/mol. The zero-order valence-corrected chi connectivity index (χ0v) is 12.0. The van der Waals surface area contributed by atoms with Crippen molar-refractivity contribution < 1.29 is 24.2 Å². The third-order valence-corrected chi connectivity index (χ3v) is 4.08. The van der Waals surface area contributed by atoms with E-state index in [-0.39, 0.29) is 5.91 Å². The number of carboxylic acids is 1. The lowest BCUT2D eigenvalue weighted by atomic mass is 10.1. The van der Waals surface area contributed by atoms with Gasteiger partial charge in [0.1, 0.15) is 17.5 Å². The van der Waals surface area contributed by atoms with E-state index < -0.39 is 12.0 Å². The fourth-order valence-electron chi connectivity index (χ4n) is 1.98. The molecule has 1 aromatic carbocycles. The van der Waals surface area contributed by atoms with Gasteiger partial charge in [0.05, 0.1) is 25.7 Å². The first kappa shape index (κ1) is 14.5. The third-order valence-electron chi connectivity index (χ3n) is 3.07. The number of ether oxygens (including phenoxy) is 2. The second kappa shape index (κ2) is 6.04. The molecule has 6 nitrogen and oxygen atoms in total. The Hall–Kier alpha value is -1.89. The van der Waals surface area contributed by atoms with Crippen LogP contribution in [0.25, 0.3) is 0 Å². The molecule has 1 heterocycles. The van der Waals surface area contributed by atoms with Crippen molar-refractivity contribution in [3.05, 3.63) is 23.8 Å². The van der Waals surface area contributed by atoms with E-state index in [1.807, 2.05) is 0 Å². The van der Waals surface area contributed by atoms with Crippen molar-refractivity contribution >= 4 is 23.6 Å². The van der Waals surface area contributed by atoms with E-state index >= 15 is 0 Å². The Labute approximate surface area is 120 Å². The molecule has 1 fully saturated rings. The van der Waals surface area contributed by atoms with Gasteiger partial charge in [-0.2, -0.15) is 0 Å². The molecular weight excluding hydrogens is 282 g/mol. The van der Waals surface area contributed by atoms with Crippen molar-refractivity contribution in [3.8, 4) is 11.5 Å². The zero-order valence-electron chi connectivity index (χ0n) is 11.2. The Balaban J connectivity index is 2.34. The lowest BCUT2D eigenvalue weighted by Crippen LogP contribution is -2.41. The fraction of sp³-hybridized carbons (Fsp3) is 0.385. The van der Waals surface area contributed by atoms with Crippen LogP contribution in [0.15, 0.2) is 18.2 Å². The zero-order chi connectivity index (χ0) is 14.7. The molecule has 0 aliphatic carbocycles. The molecule has 1 amide bonds. The maximum Gasteiger partial charge on any atom is 0.327 e. The van der Waals surface area contributed by atoms with Gasteiger partial charge in [-0.25, -0.2) is 4.79 Å². The Morgan fingerprint density at radius 2 is 2.10 bits per heavy atom. The highest BCUT2D eigenvalue weighted by molar-refractivity contribution is 7.99. The fourth-order valence-corrected chi connectivity index (χ4v) is 3.13. The van der Waals surface area contributed by atoms with Crippen molar-refractivity contribution in [2.24, 2.45) is 0 Å². The van der Waals surface area contributed by atoms with Crippen LogP contribution in [-0.4, -0.2) is 53.8 Å². The number of nitrogens with zero attached hydrogens (tertiary/aromatic N) is 1. The molecule has 108 valence electrons. The van der Waals surface area contributed by atoms with Gasteiger partial charge in [-0.1, -0.05) is 0 Å². The summed E-state index contributed by atoms with van der Waals surface area (Å²) in [5.74, 6) is 0.317. The van der Waals surface area contributed by atoms with Gasteiger partial charge in [-0.3, -0.25) is 4.79 Å². The molecule has 1 aliphatic rings. The van der Waals surface area contributed by atoms with Crippen LogP contribution in [0, 0.1) is 0 Å². The van der Waals surface area contributed by atoms with E-state index in [9.17, 15) is 9.59 Å². The number of hydrogen-bond acceptors (Lipinski definition) is 5. The van der Waals surface area contributed by atoms with E-state index in [1.165, 1.54) is 30.9 Å². The van der Waals surface area contributed by atoms with E-state index in [1.54, 1.807) is 18.2 Å². The highest BCUT2D eigenvalue weighted by Gasteiger charge is 2.36. The summed E-state index contributed by atoms with van der Waals surface area (Å²) >= 11 is 1.42. The minimum atomic E-state index is -0.995. The number of rotatable bonds is 4. The summed E-state index contributed by atoms with van der Waals surface area (Å²) < 4.78 is 10.3. The van der Waals surface area contributed by atoms with Crippen LogP contribution in [0.4, 0.5) is 0 Å². The Morgan fingerprint density at radius 1 is 1.35 bits per heavy atom. The van der Waals surface area contributed by atoms with Crippen molar-refractivity contribution in [1.29, 1.82) is 0 Å². The van der Waals surface area contributed by atoms with Gasteiger partial charge in [0.2, 0.25) is 0 Å². The van der Waals surface area contributed by atoms with E-state index in [2.05, 4.69) is 0 Å². The molecule has 0 unspecified atom stereocenters. The van der Waals surface area contributed by atoms with Crippen LogP contribution in [0.5, 0.6) is 11.5 Å². The average Bonchev–Trinajstić information content (AvgIpc) is 2.95. The van der Waals surface area contributed by atoms with Gasteiger partial charge >= 0.3 is 5.97 Å². The summed E-state index contributed by atoms with van der Waals surface area (Å²) in [4.78, 5) is 25.0. The van der Waals surface area contributed by atoms with Crippen LogP contribution in [0.3, 0.4) is 0 Å². The predicted molar refractivity (Wildman–Crippen MR) is 74.5 cm³/mol. The number of benzene rings is 1. The molecule has 1 aromatic rings. The maximum atomic E-state index is 12.5. The monoisotopic (exact) mass is 297 g/mol. The standard InChI is InChI=1S/C13H15NO5S/c1-18-8-3-4-11(19-2)9(5-8)12(15)14-7-20-6-10(14)13(16)17/h3-5,10H,6-7H2,1-2H3,(H,16,17)/t10-/m0/s1. The lowest BCUT2D eigenvalue weighted by Gasteiger charge is -2.21. The summed E-state index contributed by atoms with van der Waals surface area (Å²) in [5.41, 5.74) is 0.306. The third kappa shape index (κ3) is 2.67. The van der Waals surface area contributed by atoms with Gasteiger partial charge in [0.15, 0.2) is 0 Å². The van der Waals surface area contributed by atoms with E-state index in [0.717, 1.165) is 0 Å². The second-order valence-electron chi connectivity index (χ2n) is 4.20. The lowest BCUT2D eigenvalue weighted by molar-refractivity contribution is -0.140. The molecule has 7 heteroatoms. The van der Waals surface area contributed by atoms with Crippen molar-refractivity contribution in [1.82, 2.24) is 4.90 Å². The van der Waals surface area contributed by atoms with Crippen LogP contribution in [0.2, 0.25) is 0 Å². The summed E-state index contributed by atoms with van der Waals surface area (Å²) in [7, 11) is 2.97. The normalized spacial score (nSPS) is 17.9. The van der Waals surface area contributed by atoms with Crippen molar-refractivity contribution in [2.75, 3.05) is 25.8 Å². The number of methoxy groups -OCH3 is 2. The summed E-state index contributed by atoms with van der Waals surface area (Å²) in [6.45, 7) is 0. The predicted octanol–water partition coefficient (Wildman–Crippen LogP) is 1.30. The smallest absolute Gasteiger partial charge is 0.327 e. The second-order valence-corrected chi connectivity index (χ2v) is 5.19. The Kier molecular flexibility index (Phi) is 4.39. The Bertz CT molecular complexity index is 533. The number of carboxylic acid groups (broad SMARTS) is 1. The highest BCUT2D eigenvalue weighted by atomic mass is 32.2. The number of thioether (sulfide) groups is 1. The number of carbonyl (C=O) groups excluding carboxylic acids is 1. The van der Waals surface area contributed by atoms with Crippen LogP contribution in [0.1, 0.15) is 10.4 Å². The summed E-state index contributed by atoms with van der Waals surface area (Å²) in [5, 5.41) is 9.14. The first-order valence-electron chi connectivity index (χ1n) is 5.92. The van der Waals surface area contributed by atoms with Crippen LogP contribution < -0.4 is 9.47 Å². The minimum absolute atomic E-state index is 0.306. The first-order chi connectivity index (χ1) is 9.58. The van der Waals surface area contributed by atoms with Crippen LogP contribution in [-0.2, 0) is 4.79 Å². The van der Waals surface area contributed by atoms with Gasteiger partial charge < -0.3 is 19.5 Å². The van der Waals surface area contributed by atoms with Gasteiger partial charge in [0.25, 0.3) is 5.91 Å². The number of carbonyl (C=O) groups is 2. The molecule has 20 heavy (non-hydrogen) atoms. The summed E-state index contributed by atoms with van der Waals surface area (Å²) in [6, 6.07) is 4.07. The molecular formula is C13H15NO5S. The van der Waals surface area contributed by atoms with Crippen LogP contribution >= 0.6 is 11.8 Å². The molecule has 1 N–H and O–H groups in total. The molecule has 1 aliphatic heterocycles. The van der Waals surface area contributed by atoms with Gasteiger partial charge in [-0.15, -0.1) is 11.8 Å². The molecule has 0 bridgehead atoms. The summed E-state index contributed by atoms with van der Waals surface area (Å²) in [6.07, 6.45) is 0. The molecule has 0 spiro atoms. The first-order valence-corrected chi connectivity index (χ1v) is 7.07. The molecule has 0 aromatic heterocycles. The van der Waals surface area contributed by atoms with Crippen molar-refractivity contribution in [2.45, 2.75) is 6.04 Å². The number of amides is 1. The molecule has 0 radical (unpaired) electrons. The Morgan fingerprint density at radius 3 is 2.70 bits per heavy atom. The highest BCUT2D eigenvalue weighted by Crippen LogP contribution is 2.29. The van der Waals surface area contributed by atoms with E-state index in [0.29, 0.717) is 28.7 Å². The molecule has 1 atom stereocenters. The number of hydrogen-bond donors (Lipinski definition) is 1.